The lowest BCUT2D eigenvalue weighted by Gasteiger charge is -2.37. The standard InChI is InChI=1S/C9H15FO4/c1-9(2)12-4-5-7(14-9)6(10)8(11-3)13-5/h5-8H,4H2,1-3H3/t5-,6+,7+,8?/m0/s1. The molecular formula is C9H15FO4. The van der Waals surface area contributed by atoms with Gasteiger partial charge < -0.3 is 18.9 Å². The van der Waals surface area contributed by atoms with E-state index in [2.05, 4.69) is 0 Å². The second-order valence-corrected chi connectivity index (χ2v) is 4.02. The van der Waals surface area contributed by atoms with E-state index in [1.54, 1.807) is 13.8 Å². The highest BCUT2D eigenvalue weighted by Crippen LogP contribution is 2.34. The van der Waals surface area contributed by atoms with E-state index in [9.17, 15) is 4.39 Å². The Labute approximate surface area is 82.3 Å². The molecule has 0 aliphatic carbocycles. The zero-order valence-corrected chi connectivity index (χ0v) is 8.53. The van der Waals surface area contributed by atoms with E-state index in [0.717, 1.165) is 0 Å². The number of hydrogen-bond donors (Lipinski definition) is 0. The van der Waals surface area contributed by atoms with Gasteiger partial charge >= 0.3 is 0 Å². The minimum atomic E-state index is -1.24. The van der Waals surface area contributed by atoms with E-state index in [1.165, 1.54) is 7.11 Å². The Bertz CT molecular complexity index is 219. The molecule has 0 N–H and O–H groups in total. The summed E-state index contributed by atoms with van der Waals surface area (Å²) in [5.74, 6) is -0.739. The summed E-state index contributed by atoms with van der Waals surface area (Å²) in [7, 11) is 1.42. The van der Waals surface area contributed by atoms with Crippen molar-refractivity contribution in [3.63, 3.8) is 0 Å². The molecule has 0 amide bonds. The van der Waals surface area contributed by atoms with Crippen molar-refractivity contribution in [2.75, 3.05) is 13.7 Å². The maximum atomic E-state index is 13.6. The van der Waals surface area contributed by atoms with Crippen LogP contribution < -0.4 is 0 Å². The number of alkyl halides is 1. The van der Waals surface area contributed by atoms with Gasteiger partial charge in [0.2, 0.25) is 0 Å². The smallest absolute Gasteiger partial charge is 0.191 e. The van der Waals surface area contributed by atoms with Gasteiger partial charge in [-0.2, -0.15) is 0 Å². The van der Waals surface area contributed by atoms with E-state index < -0.39 is 24.4 Å². The molecule has 2 aliphatic heterocycles. The number of halogens is 1. The molecule has 0 aromatic carbocycles. The lowest BCUT2D eigenvalue weighted by atomic mass is 10.1. The Balaban J connectivity index is 2.07. The Kier molecular flexibility index (Phi) is 2.51. The second-order valence-electron chi connectivity index (χ2n) is 4.02. The van der Waals surface area contributed by atoms with Gasteiger partial charge in [0.05, 0.1) is 6.61 Å². The van der Waals surface area contributed by atoms with Crippen LogP contribution in [0.2, 0.25) is 0 Å². The van der Waals surface area contributed by atoms with Gasteiger partial charge in [0.25, 0.3) is 0 Å². The van der Waals surface area contributed by atoms with Crippen molar-refractivity contribution in [2.24, 2.45) is 0 Å². The highest BCUT2D eigenvalue weighted by atomic mass is 19.1. The fourth-order valence-electron chi connectivity index (χ4n) is 1.79. The summed E-state index contributed by atoms with van der Waals surface area (Å²) >= 11 is 0. The van der Waals surface area contributed by atoms with Crippen LogP contribution in [0.4, 0.5) is 4.39 Å². The van der Waals surface area contributed by atoms with Crippen LogP contribution in [0.5, 0.6) is 0 Å². The SMILES string of the molecule is COC1O[C@H]2COC(C)(C)O[C@H]2[C@H]1F. The molecule has 2 aliphatic rings. The summed E-state index contributed by atoms with van der Waals surface area (Å²) in [6.45, 7) is 3.87. The molecule has 4 nitrogen and oxygen atoms in total. The molecule has 0 bridgehead atoms. The normalized spacial score (nSPS) is 46.3. The van der Waals surface area contributed by atoms with Gasteiger partial charge in [0.15, 0.2) is 18.2 Å². The predicted molar refractivity (Wildman–Crippen MR) is 45.5 cm³/mol. The minimum absolute atomic E-state index is 0.345. The van der Waals surface area contributed by atoms with Crippen molar-refractivity contribution in [1.82, 2.24) is 0 Å². The molecule has 2 rings (SSSR count). The molecule has 82 valence electrons. The number of ether oxygens (including phenoxy) is 4. The number of hydrogen-bond acceptors (Lipinski definition) is 4. The van der Waals surface area contributed by atoms with Crippen molar-refractivity contribution in [3.8, 4) is 0 Å². The summed E-state index contributed by atoms with van der Waals surface area (Å²) in [6, 6.07) is 0. The van der Waals surface area contributed by atoms with E-state index >= 15 is 0 Å². The Morgan fingerprint density at radius 2 is 2.14 bits per heavy atom. The van der Waals surface area contributed by atoms with Crippen molar-refractivity contribution in [1.29, 1.82) is 0 Å². The maximum Gasteiger partial charge on any atom is 0.191 e. The summed E-state index contributed by atoms with van der Waals surface area (Å²) in [4.78, 5) is 0. The van der Waals surface area contributed by atoms with Crippen LogP contribution in [-0.2, 0) is 18.9 Å². The third-order valence-corrected chi connectivity index (χ3v) is 2.50. The lowest BCUT2D eigenvalue weighted by molar-refractivity contribution is -0.298. The van der Waals surface area contributed by atoms with Crippen LogP contribution in [0.25, 0.3) is 0 Å². The van der Waals surface area contributed by atoms with E-state index in [4.69, 9.17) is 18.9 Å². The van der Waals surface area contributed by atoms with Gasteiger partial charge in [-0.1, -0.05) is 0 Å². The number of rotatable bonds is 1. The third-order valence-electron chi connectivity index (χ3n) is 2.50. The van der Waals surface area contributed by atoms with E-state index in [1.807, 2.05) is 0 Å². The van der Waals surface area contributed by atoms with Crippen molar-refractivity contribution >= 4 is 0 Å². The number of methoxy groups -OCH3 is 1. The maximum absolute atomic E-state index is 13.6. The fourth-order valence-corrected chi connectivity index (χ4v) is 1.79. The average Bonchev–Trinajstić information content (AvgIpc) is 2.42. The highest BCUT2D eigenvalue weighted by Gasteiger charge is 2.51. The van der Waals surface area contributed by atoms with Crippen LogP contribution in [0, 0.1) is 0 Å². The molecule has 2 heterocycles. The molecule has 1 unspecified atom stereocenters. The topological polar surface area (TPSA) is 36.9 Å². The summed E-state index contributed by atoms with van der Waals surface area (Å²) in [6.07, 6.45) is -3.01. The van der Waals surface area contributed by atoms with Crippen LogP contribution >= 0.6 is 0 Å². The van der Waals surface area contributed by atoms with Gasteiger partial charge in [-0.05, 0) is 13.8 Å². The molecule has 2 fully saturated rings. The average molecular weight is 206 g/mol. The number of fused-ring (bicyclic) bond motifs is 1. The zero-order valence-electron chi connectivity index (χ0n) is 8.53. The lowest BCUT2D eigenvalue weighted by Crippen LogP contribution is -2.49. The fraction of sp³-hybridized carbons (Fsp3) is 1.00. The van der Waals surface area contributed by atoms with Gasteiger partial charge in [0.1, 0.15) is 12.2 Å². The summed E-state index contributed by atoms with van der Waals surface area (Å²) in [5.41, 5.74) is 0. The van der Waals surface area contributed by atoms with Crippen LogP contribution in [0.15, 0.2) is 0 Å². The molecule has 0 saturated carbocycles. The summed E-state index contributed by atoms with van der Waals surface area (Å²) < 4.78 is 34.6. The monoisotopic (exact) mass is 206 g/mol. The van der Waals surface area contributed by atoms with Crippen molar-refractivity contribution in [2.45, 2.75) is 44.3 Å². The van der Waals surface area contributed by atoms with E-state index in [0.29, 0.717) is 6.61 Å². The van der Waals surface area contributed by atoms with Crippen LogP contribution in [-0.4, -0.2) is 44.2 Å². The zero-order chi connectivity index (χ0) is 10.3. The Morgan fingerprint density at radius 1 is 1.43 bits per heavy atom. The van der Waals surface area contributed by atoms with Gasteiger partial charge in [-0.3, -0.25) is 0 Å². The van der Waals surface area contributed by atoms with Gasteiger partial charge in [0, 0.05) is 7.11 Å². The molecule has 0 radical (unpaired) electrons. The molecule has 0 aromatic rings. The Morgan fingerprint density at radius 3 is 2.79 bits per heavy atom. The van der Waals surface area contributed by atoms with Gasteiger partial charge in [-0.15, -0.1) is 0 Å². The molecule has 4 atom stereocenters. The minimum Gasteiger partial charge on any atom is -0.353 e. The predicted octanol–water partition coefficient (Wildman–Crippen LogP) is 0.847. The quantitative estimate of drug-likeness (QED) is 0.637. The van der Waals surface area contributed by atoms with Gasteiger partial charge in [-0.25, -0.2) is 4.39 Å². The van der Waals surface area contributed by atoms with Crippen LogP contribution in [0.1, 0.15) is 13.8 Å². The Hall–Kier alpha value is -0.230. The molecule has 14 heavy (non-hydrogen) atoms. The third kappa shape index (κ3) is 1.65. The highest BCUT2D eigenvalue weighted by molar-refractivity contribution is 4.91. The molecular weight excluding hydrogens is 191 g/mol. The van der Waals surface area contributed by atoms with E-state index in [-0.39, 0.29) is 6.10 Å². The first-order chi connectivity index (χ1) is 6.53. The first-order valence-electron chi connectivity index (χ1n) is 4.67. The second kappa shape index (κ2) is 3.41. The molecule has 5 heteroatoms. The largest absolute Gasteiger partial charge is 0.353 e. The molecule has 2 saturated heterocycles. The molecule has 0 aromatic heterocycles. The van der Waals surface area contributed by atoms with Crippen molar-refractivity contribution in [3.05, 3.63) is 0 Å². The summed E-state index contributed by atoms with van der Waals surface area (Å²) in [5, 5.41) is 0. The van der Waals surface area contributed by atoms with Crippen LogP contribution in [0.3, 0.4) is 0 Å². The first-order valence-corrected chi connectivity index (χ1v) is 4.67. The molecule has 0 spiro atoms. The van der Waals surface area contributed by atoms with Crippen molar-refractivity contribution < 1.29 is 23.3 Å². The first kappa shape index (κ1) is 10.3.